The lowest BCUT2D eigenvalue weighted by molar-refractivity contribution is -0.117. The van der Waals surface area contributed by atoms with Crippen molar-refractivity contribution in [2.45, 2.75) is 6.54 Å². The SMILES string of the molecule is Cn1c2ccccc2c2cnn(CC(=O)Nc3ccc(F)cc3)c(=O)c21. The second-order valence-electron chi connectivity index (χ2n) is 6.00. The molecule has 4 aromatic rings. The summed E-state index contributed by atoms with van der Waals surface area (Å²) in [6, 6.07) is 13.1. The minimum absolute atomic E-state index is 0.228. The van der Waals surface area contributed by atoms with Crippen LogP contribution >= 0.6 is 0 Å². The molecule has 0 atom stereocenters. The molecular weight excluding hydrogens is 335 g/mol. The molecule has 0 unspecified atom stereocenters. The molecule has 7 heteroatoms. The van der Waals surface area contributed by atoms with Gasteiger partial charge in [0.15, 0.2) is 0 Å². The Morgan fingerprint density at radius 3 is 2.62 bits per heavy atom. The summed E-state index contributed by atoms with van der Waals surface area (Å²) in [6.07, 6.45) is 1.60. The highest BCUT2D eigenvalue weighted by molar-refractivity contribution is 6.07. The van der Waals surface area contributed by atoms with Crippen LogP contribution in [0.2, 0.25) is 0 Å². The number of para-hydroxylation sites is 1. The second-order valence-corrected chi connectivity index (χ2v) is 6.00. The van der Waals surface area contributed by atoms with Gasteiger partial charge in [-0.3, -0.25) is 9.59 Å². The summed E-state index contributed by atoms with van der Waals surface area (Å²) in [5.41, 5.74) is 1.54. The van der Waals surface area contributed by atoms with Crippen LogP contribution in [0.1, 0.15) is 0 Å². The van der Waals surface area contributed by atoms with E-state index in [4.69, 9.17) is 0 Å². The number of aromatic nitrogens is 3. The van der Waals surface area contributed by atoms with Crippen molar-refractivity contribution in [3.8, 4) is 0 Å². The maximum Gasteiger partial charge on any atom is 0.291 e. The molecule has 0 fully saturated rings. The average Bonchev–Trinajstić information content (AvgIpc) is 2.93. The quantitative estimate of drug-likeness (QED) is 0.618. The van der Waals surface area contributed by atoms with E-state index in [1.54, 1.807) is 6.20 Å². The highest BCUT2D eigenvalue weighted by Crippen LogP contribution is 2.24. The first kappa shape index (κ1) is 16.0. The van der Waals surface area contributed by atoms with Crippen LogP contribution in [-0.4, -0.2) is 20.3 Å². The summed E-state index contributed by atoms with van der Waals surface area (Å²) in [6.45, 7) is -0.228. The number of rotatable bonds is 3. The van der Waals surface area contributed by atoms with Crippen LogP contribution in [0.15, 0.2) is 59.5 Å². The molecule has 2 heterocycles. The lowest BCUT2D eigenvalue weighted by Crippen LogP contribution is -2.30. The molecule has 4 rings (SSSR count). The molecule has 0 aliphatic rings. The number of nitrogens with zero attached hydrogens (tertiary/aromatic N) is 3. The van der Waals surface area contributed by atoms with Crippen LogP contribution < -0.4 is 10.9 Å². The Morgan fingerprint density at radius 2 is 1.85 bits per heavy atom. The molecule has 0 bridgehead atoms. The van der Waals surface area contributed by atoms with Gasteiger partial charge in [0.2, 0.25) is 5.91 Å². The zero-order chi connectivity index (χ0) is 18.3. The minimum atomic E-state index is -0.413. The monoisotopic (exact) mass is 350 g/mol. The van der Waals surface area contributed by atoms with Crippen LogP contribution in [0, 0.1) is 5.82 Å². The highest BCUT2D eigenvalue weighted by Gasteiger charge is 2.15. The Bertz CT molecular complexity index is 1190. The average molecular weight is 350 g/mol. The first-order valence-electron chi connectivity index (χ1n) is 8.03. The van der Waals surface area contributed by atoms with Gasteiger partial charge in [0.1, 0.15) is 17.9 Å². The fourth-order valence-corrected chi connectivity index (χ4v) is 3.10. The normalized spacial score (nSPS) is 11.2. The molecule has 2 aromatic heterocycles. The van der Waals surface area contributed by atoms with E-state index in [2.05, 4.69) is 10.4 Å². The summed E-state index contributed by atoms with van der Waals surface area (Å²) < 4.78 is 15.9. The predicted molar refractivity (Wildman–Crippen MR) is 97.5 cm³/mol. The standard InChI is InChI=1S/C19H15FN4O2/c1-23-16-5-3-2-4-14(16)15-10-21-24(19(26)18(15)23)11-17(25)22-13-8-6-12(20)7-9-13/h2-10H,11H2,1H3,(H,22,25). The molecule has 0 saturated heterocycles. The number of benzene rings is 2. The molecule has 1 N–H and O–H groups in total. The summed E-state index contributed by atoms with van der Waals surface area (Å²) in [7, 11) is 1.81. The summed E-state index contributed by atoms with van der Waals surface area (Å²) >= 11 is 0. The maximum atomic E-state index is 12.9. The van der Waals surface area contributed by atoms with E-state index >= 15 is 0 Å². The number of carbonyl (C=O) groups excluding carboxylic acids is 1. The van der Waals surface area contributed by atoms with Gasteiger partial charge in [-0.1, -0.05) is 18.2 Å². The molecule has 0 spiro atoms. The number of halogens is 1. The maximum absolute atomic E-state index is 12.9. The Hall–Kier alpha value is -3.48. The lowest BCUT2D eigenvalue weighted by Gasteiger charge is -2.07. The zero-order valence-electron chi connectivity index (χ0n) is 13.9. The van der Waals surface area contributed by atoms with Gasteiger partial charge in [-0.2, -0.15) is 5.10 Å². The summed E-state index contributed by atoms with van der Waals surface area (Å²) in [5, 5.41) is 8.45. The van der Waals surface area contributed by atoms with E-state index in [1.165, 1.54) is 24.3 Å². The van der Waals surface area contributed by atoms with Crippen LogP contribution in [-0.2, 0) is 18.4 Å². The number of aryl methyl sites for hydroxylation is 1. The van der Waals surface area contributed by atoms with Crippen molar-refractivity contribution >= 4 is 33.4 Å². The first-order chi connectivity index (χ1) is 12.5. The first-order valence-corrected chi connectivity index (χ1v) is 8.03. The lowest BCUT2D eigenvalue weighted by atomic mass is 10.2. The Labute approximate surface area is 147 Å². The topological polar surface area (TPSA) is 68.9 Å². The third-order valence-corrected chi connectivity index (χ3v) is 4.33. The number of fused-ring (bicyclic) bond motifs is 3. The van der Waals surface area contributed by atoms with E-state index in [0.717, 1.165) is 21.0 Å². The van der Waals surface area contributed by atoms with Gasteiger partial charge in [-0.15, -0.1) is 0 Å². The predicted octanol–water partition coefficient (Wildman–Crippen LogP) is 2.67. The smallest absolute Gasteiger partial charge is 0.291 e. The van der Waals surface area contributed by atoms with Gasteiger partial charge in [0.25, 0.3) is 5.56 Å². The second kappa shape index (κ2) is 6.11. The number of carbonyl (C=O) groups is 1. The van der Waals surface area contributed by atoms with Crippen LogP contribution in [0.3, 0.4) is 0 Å². The third kappa shape index (κ3) is 2.63. The van der Waals surface area contributed by atoms with Crippen molar-refractivity contribution in [2.75, 3.05) is 5.32 Å². The van der Waals surface area contributed by atoms with Crippen molar-refractivity contribution in [2.24, 2.45) is 7.05 Å². The van der Waals surface area contributed by atoms with Crippen molar-refractivity contribution < 1.29 is 9.18 Å². The number of hydrogen-bond acceptors (Lipinski definition) is 3. The van der Waals surface area contributed by atoms with Crippen molar-refractivity contribution in [3.63, 3.8) is 0 Å². The number of amides is 1. The molecule has 0 saturated carbocycles. The molecule has 130 valence electrons. The fraction of sp³-hybridized carbons (Fsp3) is 0.105. The third-order valence-electron chi connectivity index (χ3n) is 4.33. The molecule has 6 nitrogen and oxygen atoms in total. The Kier molecular flexibility index (Phi) is 3.76. The molecule has 1 amide bonds. The zero-order valence-corrected chi connectivity index (χ0v) is 13.9. The molecule has 0 aliphatic heterocycles. The number of anilines is 1. The van der Waals surface area contributed by atoms with Gasteiger partial charge in [-0.05, 0) is 30.3 Å². The number of hydrogen-bond donors (Lipinski definition) is 1. The highest BCUT2D eigenvalue weighted by atomic mass is 19.1. The van der Waals surface area contributed by atoms with Crippen molar-refractivity contribution in [1.29, 1.82) is 0 Å². The van der Waals surface area contributed by atoms with Gasteiger partial charge in [0, 0.05) is 29.0 Å². The molecular formula is C19H15FN4O2. The largest absolute Gasteiger partial charge is 0.339 e. The van der Waals surface area contributed by atoms with Crippen molar-refractivity contribution in [1.82, 2.24) is 14.3 Å². The summed E-state index contributed by atoms with van der Waals surface area (Å²) in [5.74, 6) is -0.800. The van der Waals surface area contributed by atoms with Crippen molar-refractivity contribution in [3.05, 3.63) is 70.9 Å². The Morgan fingerprint density at radius 1 is 1.12 bits per heavy atom. The van der Waals surface area contributed by atoms with Gasteiger partial charge in [0.05, 0.1) is 6.20 Å². The fourth-order valence-electron chi connectivity index (χ4n) is 3.10. The van der Waals surface area contributed by atoms with E-state index < -0.39 is 5.91 Å². The van der Waals surface area contributed by atoms with E-state index in [0.29, 0.717) is 11.2 Å². The van der Waals surface area contributed by atoms with Gasteiger partial charge < -0.3 is 9.88 Å². The van der Waals surface area contributed by atoms with Crippen LogP contribution in [0.5, 0.6) is 0 Å². The molecule has 0 aliphatic carbocycles. The molecule has 0 radical (unpaired) electrons. The molecule has 2 aromatic carbocycles. The van der Waals surface area contributed by atoms with Crippen LogP contribution in [0.25, 0.3) is 21.8 Å². The van der Waals surface area contributed by atoms with Gasteiger partial charge in [-0.25, -0.2) is 9.07 Å². The Balaban J connectivity index is 1.69. The summed E-state index contributed by atoms with van der Waals surface area (Å²) in [4.78, 5) is 25.0. The van der Waals surface area contributed by atoms with Crippen LogP contribution in [0.4, 0.5) is 10.1 Å². The van der Waals surface area contributed by atoms with Gasteiger partial charge >= 0.3 is 0 Å². The molecule has 26 heavy (non-hydrogen) atoms. The van der Waals surface area contributed by atoms with E-state index in [1.807, 2.05) is 35.9 Å². The van der Waals surface area contributed by atoms with E-state index in [-0.39, 0.29) is 17.9 Å². The minimum Gasteiger partial charge on any atom is -0.339 e. The van der Waals surface area contributed by atoms with E-state index in [9.17, 15) is 14.0 Å². The number of nitrogens with one attached hydrogen (secondary N) is 1.